The lowest BCUT2D eigenvalue weighted by molar-refractivity contribution is 0.0264. The quantitative estimate of drug-likeness (QED) is 0.588. The van der Waals surface area contributed by atoms with Crippen molar-refractivity contribution in [3.63, 3.8) is 0 Å². The number of nitrogens with one attached hydrogen (secondary N) is 1. The Labute approximate surface area is 210 Å². The molecule has 3 aromatic rings. The second-order valence-corrected chi connectivity index (χ2v) is 9.57. The summed E-state index contributed by atoms with van der Waals surface area (Å²) in [5, 5.41) is 11.2. The Bertz CT molecular complexity index is 1250. The molecule has 1 aliphatic heterocycles. The lowest BCUT2D eigenvalue weighted by Crippen LogP contribution is -2.57. The highest BCUT2D eigenvalue weighted by Crippen LogP contribution is 2.22. The highest BCUT2D eigenvalue weighted by molar-refractivity contribution is 5.97. The molecule has 3 amide bonds. The van der Waals surface area contributed by atoms with Gasteiger partial charge in [-0.2, -0.15) is 0 Å². The van der Waals surface area contributed by atoms with Crippen molar-refractivity contribution >= 4 is 17.6 Å². The van der Waals surface area contributed by atoms with E-state index in [0.717, 1.165) is 5.69 Å². The first-order valence-electron chi connectivity index (χ1n) is 11.9. The van der Waals surface area contributed by atoms with Gasteiger partial charge in [0.2, 0.25) is 0 Å². The molecule has 1 aliphatic rings. The highest BCUT2D eigenvalue weighted by atomic mass is 19.1. The van der Waals surface area contributed by atoms with Crippen molar-refractivity contribution in [1.82, 2.24) is 29.7 Å². The molecule has 190 valence electrons. The van der Waals surface area contributed by atoms with Crippen molar-refractivity contribution in [3.05, 3.63) is 71.3 Å². The van der Waals surface area contributed by atoms with Crippen LogP contribution in [0.25, 0.3) is 5.69 Å². The molecule has 4 rings (SSSR count). The maximum atomic E-state index is 14.0. The maximum Gasteiger partial charge on any atom is 0.321 e. The Hall–Kier alpha value is -3.79. The fraction of sp³-hybridized carbons (Fsp3) is 0.385. The first kappa shape index (κ1) is 25.3. The smallest absolute Gasteiger partial charge is 0.321 e. The summed E-state index contributed by atoms with van der Waals surface area (Å²) < 4.78 is 15.5. The third-order valence-corrected chi connectivity index (χ3v) is 6.46. The van der Waals surface area contributed by atoms with E-state index in [2.05, 4.69) is 34.4 Å². The van der Waals surface area contributed by atoms with E-state index in [-0.39, 0.29) is 29.8 Å². The molecule has 0 unspecified atom stereocenters. The van der Waals surface area contributed by atoms with Crippen LogP contribution >= 0.6 is 0 Å². The fourth-order valence-corrected chi connectivity index (χ4v) is 4.39. The normalized spacial score (nSPS) is 18.2. The average Bonchev–Trinajstić information content (AvgIpc) is 3.31. The van der Waals surface area contributed by atoms with E-state index in [4.69, 9.17) is 0 Å². The molecule has 10 heteroatoms. The van der Waals surface area contributed by atoms with Gasteiger partial charge in [-0.15, -0.1) is 5.10 Å². The van der Waals surface area contributed by atoms with E-state index in [1.807, 2.05) is 17.2 Å². The van der Waals surface area contributed by atoms with Gasteiger partial charge in [0.1, 0.15) is 5.82 Å². The summed E-state index contributed by atoms with van der Waals surface area (Å²) in [6.45, 7) is 7.60. The molecule has 2 heterocycles. The minimum atomic E-state index is -0.279. The van der Waals surface area contributed by atoms with Gasteiger partial charge in [-0.25, -0.2) is 13.9 Å². The number of piperazine rings is 1. The Morgan fingerprint density at radius 2 is 1.83 bits per heavy atom. The lowest BCUT2D eigenvalue weighted by Gasteiger charge is -2.44. The van der Waals surface area contributed by atoms with E-state index in [1.54, 1.807) is 56.0 Å². The van der Waals surface area contributed by atoms with Gasteiger partial charge < -0.3 is 15.1 Å². The molecule has 0 spiro atoms. The summed E-state index contributed by atoms with van der Waals surface area (Å²) in [7, 11) is 3.32. The van der Waals surface area contributed by atoms with Crippen LogP contribution in [0, 0.1) is 12.7 Å². The summed E-state index contributed by atoms with van der Waals surface area (Å²) in [6, 6.07) is 11.9. The number of nitrogens with zero attached hydrogens (tertiary/aromatic N) is 6. The zero-order chi connectivity index (χ0) is 26.0. The summed E-state index contributed by atoms with van der Waals surface area (Å²) in [6.07, 6.45) is 1.81. The van der Waals surface area contributed by atoms with Crippen molar-refractivity contribution in [2.45, 2.75) is 39.4 Å². The van der Waals surface area contributed by atoms with Crippen molar-refractivity contribution in [2.24, 2.45) is 0 Å². The number of anilines is 1. The maximum absolute atomic E-state index is 14.0. The minimum absolute atomic E-state index is 0.0679. The molecule has 0 saturated carbocycles. The summed E-state index contributed by atoms with van der Waals surface area (Å²) in [5.74, 6) is -0.347. The predicted octanol–water partition coefficient (Wildman–Crippen LogP) is 3.54. The SMILES string of the molecule is Cc1ccc(-n2cc(CN3[C@H](C)CN(C(=O)c4cccc(NC(=O)N(C)C)c4)C[C@@H]3C)nn2)cc1F. The van der Waals surface area contributed by atoms with Crippen LogP contribution in [0.3, 0.4) is 0 Å². The topological polar surface area (TPSA) is 86.6 Å². The van der Waals surface area contributed by atoms with Crippen molar-refractivity contribution in [1.29, 1.82) is 0 Å². The Kier molecular flexibility index (Phi) is 7.35. The number of benzene rings is 2. The van der Waals surface area contributed by atoms with Gasteiger partial charge in [-0.1, -0.05) is 17.3 Å². The third kappa shape index (κ3) is 5.54. The van der Waals surface area contributed by atoms with Crippen LogP contribution < -0.4 is 5.32 Å². The number of urea groups is 1. The van der Waals surface area contributed by atoms with E-state index in [9.17, 15) is 14.0 Å². The first-order valence-corrected chi connectivity index (χ1v) is 11.9. The monoisotopic (exact) mass is 493 g/mol. The molecule has 9 nitrogen and oxygen atoms in total. The van der Waals surface area contributed by atoms with Crippen LogP contribution in [0.2, 0.25) is 0 Å². The van der Waals surface area contributed by atoms with Crippen LogP contribution in [-0.4, -0.2) is 80.9 Å². The Morgan fingerprint density at radius 1 is 1.11 bits per heavy atom. The number of carbonyl (C=O) groups is 2. The van der Waals surface area contributed by atoms with Gasteiger partial charge in [0, 0.05) is 57.1 Å². The van der Waals surface area contributed by atoms with Gasteiger partial charge in [-0.3, -0.25) is 9.69 Å². The molecule has 0 aliphatic carbocycles. The number of hydrogen-bond donors (Lipinski definition) is 1. The number of aryl methyl sites for hydroxylation is 1. The zero-order valence-electron chi connectivity index (χ0n) is 21.3. The van der Waals surface area contributed by atoms with Crippen molar-refractivity contribution in [2.75, 3.05) is 32.5 Å². The molecular weight excluding hydrogens is 461 g/mol. The first-order chi connectivity index (χ1) is 17.1. The van der Waals surface area contributed by atoms with Gasteiger partial charge in [0.25, 0.3) is 5.91 Å². The number of carbonyl (C=O) groups excluding carboxylic acids is 2. The fourth-order valence-electron chi connectivity index (χ4n) is 4.39. The molecule has 0 bridgehead atoms. The third-order valence-electron chi connectivity index (χ3n) is 6.46. The molecule has 1 aromatic heterocycles. The van der Waals surface area contributed by atoms with E-state index in [0.29, 0.717) is 42.1 Å². The van der Waals surface area contributed by atoms with Crippen molar-refractivity contribution < 1.29 is 14.0 Å². The van der Waals surface area contributed by atoms with Crippen LogP contribution in [0.1, 0.15) is 35.5 Å². The summed E-state index contributed by atoms with van der Waals surface area (Å²) in [5.41, 5.74) is 3.10. The van der Waals surface area contributed by atoms with Gasteiger partial charge in [0.15, 0.2) is 0 Å². The molecule has 0 radical (unpaired) electrons. The second-order valence-electron chi connectivity index (χ2n) is 9.57. The van der Waals surface area contributed by atoms with E-state index < -0.39 is 0 Å². The summed E-state index contributed by atoms with van der Waals surface area (Å²) >= 11 is 0. The molecule has 1 N–H and O–H groups in total. The Morgan fingerprint density at radius 3 is 2.50 bits per heavy atom. The Balaban J connectivity index is 1.41. The number of rotatable bonds is 5. The van der Waals surface area contributed by atoms with Gasteiger partial charge >= 0.3 is 6.03 Å². The molecule has 1 saturated heterocycles. The van der Waals surface area contributed by atoms with Crippen molar-refractivity contribution in [3.8, 4) is 5.69 Å². The number of aromatic nitrogens is 3. The summed E-state index contributed by atoms with van der Waals surface area (Å²) in [4.78, 5) is 30.8. The lowest BCUT2D eigenvalue weighted by atomic mass is 10.1. The molecule has 36 heavy (non-hydrogen) atoms. The number of halogens is 1. The van der Waals surface area contributed by atoms with Gasteiger partial charge in [-0.05, 0) is 56.7 Å². The van der Waals surface area contributed by atoms with E-state index in [1.165, 1.54) is 11.0 Å². The second kappa shape index (κ2) is 10.4. The van der Waals surface area contributed by atoms with Crippen LogP contribution in [-0.2, 0) is 6.54 Å². The predicted molar refractivity (Wildman–Crippen MR) is 136 cm³/mol. The minimum Gasteiger partial charge on any atom is -0.336 e. The molecule has 2 aromatic carbocycles. The average molecular weight is 494 g/mol. The zero-order valence-corrected chi connectivity index (χ0v) is 21.3. The highest BCUT2D eigenvalue weighted by Gasteiger charge is 2.32. The molecule has 2 atom stereocenters. The standard InChI is InChI=1S/C26H32FN7O2/c1-17-9-10-23(12-24(17)27)34-16-22(29-30-34)15-33-18(2)13-32(14-19(33)3)25(35)20-7-6-8-21(11-20)28-26(36)31(4)5/h6-12,16,18-19H,13-15H2,1-5H3,(H,28,36)/t18-,19+. The van der Waals surface area contributed by atoms with Crippen LogP contribution in [0.15, 0.2) is 48.7 Å². The van der Waals surface area contributed by atoms with Crippen LogP contribution in [0.4, 0.5) is 14.9 Å². The van der Waals surface area contributed by atoms with Gasteiger partial charge in [0.05, 0.1) is 17.6 Å². The number of amides is 3. The molecule has 1 fully saturated rings. The molecular formula is C26H32FN7O2. The van der Waals surface area contributed by atoms with Crippen LogP contribution in [0.5, 0.6) is 0 Å². The van der Waals surface area contributed by atoms with E-state index >= 15 is 0 Å². The largest absolute Gasteiger partial charge is 0.336 e. The number of hydrogen-bond acceptors (Lipinski definition) is 5.